The standard InChI is InChI=1S/C18H17N3O3/c1-2-24-18(23)16-7-13(10-20-16)21-17(22)15-8-14(15)12-5-3-4-11(6-12)9-19/h3-7,10,14-15,20H,2,8H2,1H3,(H,21,22)/t14-,15+/m1/s1. The number of ether oxygens (including phenoxy) is 1. The monoisotopic (exact) mass is 323 g/mol. The smallest absolute Gasteiger partial charge is 0.354 e. The lowest BCUT2D eigenvalue weighted by molar-refractivity contribution is -0.117. The molecule has 0 aliphatic heterocycles. The number of esters is 1. The lowest BCUT2D eigenvalue weighted by Gasteiger charge is -2.03. The number of nitrogens with zero attached hydrogens (tertiary/aromatic N) is 1. The van der Waals surface area contributed by atoms with Crippen LogP contribution in [0.5, 0.6) is 0 Å². The van der Waals surface area contributed by atoms with Crippen LogP contribution >= 0.6 is 0 Å². The Balaban J connectivity index is 1.61. The second-order valence-corrected chi connectivity index (χ2v) is 5.70. The van der Waals surface area contributed by atoms with Crippen LogP contribution in [-0.2, 0) is 9.53 Å². The summed E-state index contributed by atoms with van der Waals surface area (Å²) < 4.78 is 4.89. The summed E-state index contributed by atoms with van der Waals surface area (Å²) in [7, 11) is 0. The van der Waals surface area contributed by atoms with E-state index in [4.69, 9.17) is 10.00 Å². The third-order valence-electron chi connectivity index (χ3n) is 4.02. The Morgan fingerprint density at radius 3 is 3.00 bits per heavy atom. The summed E-state index contributed by atoms with van der Waals surface area (Å²) in [5.74, 6) is -0.506. The van der Waals surface area contributed by atoms with E-state index < -0.39 is 5.97 Å². The SMILES string of the molecule is CCOC(=O)c1cc(NC(=O)[C@H]2C[C@@H]2c2cccc(C#N)c2)c[nH]1. The first kappa shape index (κ1) is 15.8. The van der Waals surface area contributed by atoms with Crippen molar-refractivity contribution in [2.75, 3.05) is 11.9 Å². The predicted octanol–water partition coefficient (Wildman–Crippen LogP) is 2.81. The first-order chi connectivity index (χ1) is 11.6. The number of amides is 1. The number of hydrogen-bond acceptors (Lipinski definition) is 4. The highest BCUT2D eigenvalue weighted by molar-refractivity contribution is 5.97. The minimum Gasteiger partial charge on any atom is -0.461 e. The van der Waals surface area contributed by atoms with E-state index in [-0.39, 0.29) is 17.7 Å². The molecule has 0 radical (unpaired) electrons. The number of carbonyl (C=O) groups is 2. The summed E-state index contributed by atoms with van der Waals surface area (Å²) >= 11 is 0. The summed E-state index contributed by atoms with van der Waals surface area (Å²) in [6, 6.07) is 11.0. The molecule has 122 valence electrons. The molecule has 1 aliphatic rings. The molecule has 3 rings (SSSR count). The van der Waals surface area contributed by atoms with Gasteiger partial charge in [0.2, 0.25) is 5.91 Å². The first-order valence-corrected chi connectivity index (χ1v) is 7.79. The number of rotatable bonds is 5. The van der Waals surface area contributed by atoms with Gasteiger partial charge in [-0.1, -0.05) is 12.1 Å². The number of carbonyl (C=O) groups excluding carboxylic acids is 2. The van der Waals surface area contributed by atoms with Crippen LogP contribution in [-0.4, -0.2) is 23.5 Å². The van der Waals surface area contributed by atoms with Crippen molar-refractivity contribution in [1.29, 1.82) is 5.26 Å². The minimum absolute atomic E-state index is 0.0863. The maximum absolute atomic E-state index is 12.3. The molecule has 0 bridgehead atoms. The lowest BCUT2D eigenvalue weighted by Crippen LogP contribution is -2.14. The summed E-state index contributed by atoms with van der Waals surface area (Å²) in [6.45, 7) is 2.03. The van der Waals surface area contributed by atoms with Crippen molar-refractivity contribution >= 4 is 17.6 Å². The van der Waals surface area contributed by atoms with E-state index in [2.05, 4.69) is 16.4 Å². The first-order valence-electron chi connectivity index (χ1n) is 7.79. The van der Waals surface area contributed by atoms with Crippen LogP contribution in [0.2, 0.25) is 0 Å². The Bertz CT molecular complexity index is 819. The van der Waals surface area contributed by atoms with Crippen molar-refractivity contribution in [2.24, 2.45) is 5.92 Å². The summed E-state index contributed by atoms with van der Waals surface area (Å²) in [5.41, 5.74) is 2.46. The highest BCUT2D eigenvalue weighted by Crippen LogP contribution is 2.48. The van der Waals surface area contributed by atoms with Gasteiger partial charge in [0.25, 0.3) is 0 Å². The molecule has 24 heavy (non-hydrogen) atoms. The van der Waals surface area contributed by atoms with Crippen molar-refractivity contribution in [3.63, 3.8) is 0 Å². The molecule has 1 aliphatic carbocycles. The third-order valence-corrected chi connectivity index (χ3v) is 4.02. The Labute approximate surface area is 139 Å². The molecule has 0 unspecified atom stereocenters. The Morgan fingerprint density at radius 2 is 2.25 bits per heavy atom. The van der Waals surface area contributed by atoms with E-state index in [1.165, 1.54) is 0 Å². The number of nitriles is 1. The third kappa shape index (κ3) is 3.30. The number of benzene rings is 1. The molecule has 0 saturated heterocycles. The summed E-state index contributed by atoms with van der Waals surface area (Å²) in [5, 5.41) is 11.8. The van der Waals surface area contributed by atoms with Gasteiger partial charge in [-0.05, 0) is 43.0 Å². The van der Waals surface area contributed by atoms with E-state index >= 15 is 0 Å². The molecule has 6 nitrogen and oxygen atoms in total. The van der Waals surface area contributed by atoms with Gasteiger partial charge in [-0.15, -0.1) is 0 Å². The van der Waals surface area contributed by atoms with Gasteiger partial charge in [0.1, 0.15) is 5.69 Å². The van der Waals surface area contributed by atoms with E-state index in [9.17, 15) is 9.59 Å². The Morgan fingerprint density at radius 1 is 1.42 bits per heavy atom. The summed E-state index contributed by atoms with van der Waals surface area (Å²) in [4.78, 5) is 26.7. The molecule has 1 fully saturated rings. The van der Waals surface area contributed by atoms with Crippen molar-refractivity contribution in [2.45, 2.75) is 19.3 Å². The number of aromatic amines is 1. The fourth-order valence-corrected chi connectivity index (χ4v) is 2.72. The average molecular weight is 323 g/mol. The van der Waals surface area contributed by atoms with Crippen LogP contribution in [0.3, 0.4) is 0 Å². The molecule has 6 heteroatoms. The molecule has 2 N–H and O–H groups in total. The van der Waals surface area contributed by atoms with Crippen molar-refractivity contribution in [1.82, 2.24) is 4.98 Å². The maximum Gasteiger partial charge on any atom is 0.354 e. The molecular formula is C18H17N3O3. The second kappa shape index (κ2) is 6.59. The van der Waals surface area contributed by atoms with Crippen LogP contribution in [0, 0.1) is 17.2 Å². The fourth-order valence-electron chi connectivity index (χ4n) is 2.72. The number of hydrogen-bond donors (Lipinski definition) is 2. The van der Waals surface area contributed by atoms with Gasteiger partial charge < -0.3 is 15.0 Å². The number of H-pyrrole nitrogens is 1. The van der Waals surface area contributed by atoms with Crippen molar-refractivity contribution in [3.05, 3.63) is 53.3 Å². The topological polar surface area (TPSA) is 95.0 Å². The molecule has 1 aromatic heterocycles. The normalized spacial score (nSPS) is 18.5. The second-order valence-electron chi connectivity index (χ2n) is 5.70. The van der Waals surface area contributed by atoms with Crippen LogP contribution in [0.4, 0.5) is 5.69 Å². The maximum atomic E-state index is 12.3. The molecule has 1 saturated carbocycles. The number of anilines is 1. The van der Waals surface area contributed by atoms with Gasteiger partial charge in [-0.3, -0.25) is 4.79 Å². The van der Waals surface area contributed by atoms with Gasteiger partial charge in [0.15, 0.2) is 0 Å². The molecule has 1 aromatic carbocycles. The largest absolute Gasteiger partial charge is 0.461 e. The van der Waals surface area contributed by atoms with Crippen molar-refractivity contribution < 1.29 is 14.3 Å². The quantitative estimate of drug-likeness (QED) is 0.827. The molecule has 0 spiro atoms. The highest BCUT2D eigenvalue weighted by Gasteiger charge is 2.44. The molecule has 1 heterocycles. The molecule has 2 aromatic rings. The van der Waals surface area contributed by atoms with Crippen LogP contribution in [0.25, 0.3) is 0 Å². The van der Waals surface area contributed by atoms with E-state index in [0.717, 1.165) is 12.0 Å². The van der Waals surface area contributed by atoms with Gasteiger partial charge >= 0.3 is 5.97 Å². The van der Waals surface area contributed by atoms with E-state index in [1.807, 2.05) is 18.2 Å². The molecular weight excluding hydrogens is 306 g/mol. The van der Waals surface area contributed by atoms with Crippen LogP contribution in [0.1, 0.15) is 40.9 Å². The predicted molar refractivity (Wildman–Crippen MR) is 87.4 cm³/mol. The average Bonchev–Trinajstić information content (AvgIpc) is 3.27. The zero-order valence-electron chi connectivity index (χ0n) is 13.2. The zero-order chi connectivity index (χ0) is 17.1. The van der Waals surface area contributed by atoms with Gasteiger partial charge in [-0.25, -0.2) is 4.79 Å². The van der Waals surface area contributed by atoms with Crippen LogP contribution in [0.15, 0.2) is 36.5 Å². The highest BCUT2D eigenvalue weighted by atomic mass is 16.5. The van der Waals surface area contributed by atoms with Gasteiger partial charge in [0.05, 0.1) is 23.9 Å². The number of aromatic nitrogens is 1. The van der Waals surface area contributed by atoms with Gasteiger partial charge in [-0.2, -0.15) is 5.26 Å². The number of nitrogens with one attached hydrogen (secondary N) is 2. The molecule has 1 amide bonds. The summed E-state index contributed by atoms with van der Waals surface area (Å²) in [6.07, 6.45) is 2.33. The Kier molecular flexibility index (Phi) is 4.34. The van der Waals surface area contributed by atoms with Crippen LogP contribution < -0.4 is 5.32 Å². The van der Waals surface area contributed by atoms with Crippen molar-refractivity contribution in [3.8, 4) is 6.07 Å². The van der Waals surface area contributed by atoms with Gasteiger partial charge in [0, 0.05) is 12.1 Å². The molecule has 2 atom stereocenters. The lowest BCUT2D eigenvalue weighted by atomic mass is 10.1. The fraction of sp³-hybridized carbons (Fsp3) is 0.278. The Hall–Kier alpha value is -3.07. The zero-order valence-corrected chi connectivity index (χ0v) is 13.2. The minimum atomic E-state index is -0.449. The van der Waals surface area contributed by atoms with E-state index in [0.29, 0.717) is 23.6 Å². The van der Waals surface area contributed by atoms with E-state index in [1.54, 1.807) is 25.3 Å².